The van der Waals surface area contributed by atoms with Crippen molar-refractivity contribution in [3.8, 4) is 0 Å². The van der Waals surface area contributed by atoms with E-state index in [1.165, 1.54) is 51.6 Å². The average molecular weight is 210 g/mol. The van der Waals surface area contributed by atoms with Gasteiger partial charge in [-0.1, -0.05) is 19.8 Å². The van der Waals surface area contributed by atoms with Crippen LogP contribution in [0, 0.1) is 11.8 Å². The smallest absolute Gasteiger partial charge is 0.0196 e. The molecule has 0 bridgehead atoms. The maximum atomic E-state index is 6.30. The average Bonchev–Trinajstić information content (AvgIpc) is 2.74. The zero-order chi connectivity index (χ0) is 10.7. The molecule has 2 aliphatic rings. The highest BCUT2D eigenvalue weighted by Gasteiger charge is 2.25. The number of hydrogen-bond donors (Lipinski definition) is 1. The lowest BCUT2D eigenvalue weighted by atomic mass is 9.95. The summed E-state index contributed by atoms with van der Waals surface area (Å²) in [5.74, 6) is 1.76. The van der Waals surface area contributed by atoms with Crippen LogP contribution in [-0.4, -0.2) is 30.6 Å². The minimum atomic E-state index is 0.445. The molecular weight excluding hydrogens is 184 g/mol. The van der Waals surface area contributed by atoms with Gasteiger partial charge in [0, 0.05) is 12.6 Å². The van der Waals surface area contributed by atoms with E-state index in [1.807, 2.05) is 0 Å². The molecule has 1 atom stereocenters. The van der Waals surface area contributed by atoms with Gasteiger partial charge in [-0.3, -0.25) is 0 Å². The highest BCUT2D eigenvalue weighted by Crippen LogP contribution is 2.27. The molecule has 2 heteroatoms. The predicted molar refractivity (Wildman–Crippen MR) is 64.8 cm³/mol. The first-order chi connectivity index (χ1) is 7.25. The fourth-order valence-corrected chi connectivity index (χ4v) is 3.08. The zero-order valence-corrected chi connectivity index (χ0v) is 10.1. The third-order valence-electron chi connectivity index (χ3n) is 4.35. The first kappa shape index (κ1) is 11.4. The molecule has 0 aromatic rings. The van der Waals surface area contributed by atoms with Crippen molar-refractivity contribution in [2.75, 3.05) is 19.6 Å². The molecule has 1 aliphatic heterocycles. The van der Waals surface area contributed by atoms with Gasteiger partial charge in [0.2, 0.25) is 0 Å². The summed E-state index contributed by atoms with van der Waals surface area (Å²) in [5.41, 5.74) is 6.30. The van der Waals surface area contributed by atoms with Gasteiger partial charge in [0.15, 0.2) is 0 Å². The number of nitrogens with two attached hydrogens (primary N) is 1. The molecule has 0 radical (unpaired) electrons. The predicted octanol–water partition coefficient (Wildman–Crippen LogP) is 2.24. The van der Waals surface area contributed by atoms with Crippen LogP contribution in [0.4, 0.5) is 0 Å². The van der Waals surface area contributed by atoms with E-state index < -0.39 is 0 Å². The monoisotopic (exact) mass is 210 g/mol. The zero-order valence-electron chi connectivity index (χ0n) is 10.1. The normalized spacial score (nSPS) is 28.4. The lowest BCUT2D eigenvalue weighted by Gasteiger charge is -2.33. The van der Waals surface area contributed by atoms with Gasteiger partial charge in [-0.25, -0.2) is 0 Å². The second-order valence-corrected chi connectivity index (χ2v) is 5.69. The van der Waals surface area contributed by atoms with E-state index in [-0.39, 0.29) is 0 Å². The summed E-state index contributed by atoms with van der Waals surface area (Å²) in [6, 6.07) is 0.445. The Hall–Kier alpha value is -0.0800. The summed E-state index contributed by atoms with van der Waals surface area (Å²) < 4.78 is 0. The third-order valence-corrected chi connectivity index (χ3v) is 4.35. The van der Waals surface area contributed by atoms with E-state index in [9.17, 15) is 0 Å². The number of rotatable bonds is 3. The molecule has 1 aliphatic carbocycles. The number of likely N-dealkylation sites (tertiary alicyclic amines) is 1. The van der Waals surface area contributed by atoms with Crippen LogP contribution in [0.25, 0.3) is 0 Å². The molecule has 2 nitrogen and oxygen atoms in total. The van der Waals surface area contributed by atoms with Gasteiger partial charge in [-0.05, 0) is 50.6 Å². The van der Waals surface area contributed by atoms with Crippen molar-refractivity contribution in [1.82, 2.24) is 4.90 Å². The van der Waals surface area contributed by atoms with Crippen molar-refractivity contribution in [2.24, 2.45) is 17.6 Å². The molecule has 1 heterocycles. The summed E-state index contributed by atoms with van der Waals surface area (Å²) >= 11 is 0. The van der Waals surface area contributed by atoms with Crippen molar-refractivity contribution in [1.29, 1.82) is 0 Å². The maximum absolute atomic E-state index is 6.30. The molecule has 15 heavy (non-hydrogen) atoms. The molecule has 1 saturated heterocycles. The Morgan fingerprint density at radius 2 is 1.73 bits per heavy atom. The third kappa shape index (κ3) is 3.18. The minimum absolute atomic E-state index is 0.445. The lowest BCUT2D eigenvalue weighted by Crippen LogP contribution is -2.44. The summed E-state index contributed by atoms with van der Waals surface area (Å²) in [4.78, 5) is 2.59. The van der Waals surface area contributed by atoms with Crippen LogP contribution in [0.5, 0.6) is 0 Å². The van der Waals surface area contributed by atoms with Crippen molar-refractivity contribution in [3.63, 3.8) is 0 Å². The summed E-state index contributed by atoms with van der Waals surface area (Å²) in [7, 11) is 0. The Morgan fingerprint density at radius 3 is 2.33 bits per heavy atom. The van der Waals surface area contributed by atoms with Crippen molar-refractivity contribution < 1.29 is 0 Å². The number of hydrogen-bond acceptors (Lipinski definition) is 2. The van der Waals surface area contributed by atoms with Gasteiger partial charge in [-0.15, -0.1) is 0 Å². The molecule has 2 rings (SSSR count). The summed E-state index contributed by atoms with van der Waals surface area (Å²) in [6.45, 7) is 6.08. The van der Waals surface area contributed by atoms with Crippen molar-refractivity contribution in [2.45, 2.75) is 51.5 Å². The van der Waals surface area contributed by atoms with E-state index in [2.05, 4.69) is 11.8 Å². The Kier molecular flexibility index (Phi) is 4.04. The number of nitrogens with zero attached hydrogens (tertiary/aromatic N) is 1. The molecular formula is C13H26N2. The van der Waals surface area contributed by atoms with Gasteiger partial charge in [0.25, 0.3) is 0 Å². The topological polar surface area (TPSA) is 29.3 Å². The van der Waals surface area contributed by atoms with E-state index in [4.69, 9.17) is 5.73 Å². The minimum Gasteiger partial charge on any atom is -0.326 e. The SMILES string of the molecule is CC1CCN(CC(N)C2CCCC2)CC1. The van der Waals surface area contributed by atoms with E-state index in [1.54, 1.807) is 0 Å². The van der Waals surface area contributed by atoms with Crippen LogP contribution in [0.1, 0.15) is 45.4 Å². The van der Waals surface area contributed by atoms with Gasteiger partial charge < -0.3 is 10.6 Å². The van der Waals surface area contributed by atoms with Crippen LogP contribution in [0.15, 0.2) is 0 Å². The molecule has 88 valence electrons. The molecule has 0 aromatic carbocycles. The first-order valence-corrected chi connectivity index (χ1v) is 6.73. The first-order valence-electron chi connectivity index (χ1n) is 6.73. The Labute approximate surface area is 94.2 Å². The lowest BCUT2D eigenvalue weighted by molar-refractivity contribution is 0.169. The summed E-state index contributed by atoms with van der Waals surface area (Å²) in [5, 5.41) is 0. The van der Waals surface area contributed by atoms with E-state index >= 15 is 0 Å². The molecule has 0 amide bonds. The molecule has 1 unspecified atom stereocenters. The highest BCUT2D eigenvalue weighted by molar-refractivity contribution is 4.82. The second-order valence-electron chi connectivity index (χ2n) is 5.69. The molecule has 1 saturated carbocycles. The molecule has 0 aromatic heterocycles. The van der Waals surface area contributed by atoms with Crippen LogP contribution < -0.4 is 5.73 Å². The summed E-state index contributed by atoms with van der Waals surface area (Å²) in [6.07, 6.45) is 8.33. The van der Waals surface area contributed by atoms with Crippen LogP contribution >= 0.6 is 0 Å². The maximum Gasteiger partial charge on any atom is 0.0196 e. The number of piperidine rings is 1. The van der Waals surface area contributed by atoms with Gasteiger partial charge in [0.05, 0.1) is 0 Å². The molecule has 0 spiro atoms. The highest BCUT2D eigenvalue weighted by atomic mass is 15.1. The van der Waals surface area contributed by atoms with Crippen molar-refractivity contribution in [3.05, 3.63) is 0 Å². The van der Waals surface area contributed by atoms with E-state index in [0.717, 1.165) is 18.4 Å². The van der Waals surface area contributed by atoms with Crippen LogP contribution in [-0.2, 0) is 0 Å². The van der Waals surface area contributed by atoms with Crippen LogP contribution in [0.3, 0.4) is 0 Å². The second kappa shape index (κ2) is 5.31. The Bertz CT molecular complexity index is 179. The largest absolute Gasteiger partial charge is 0.326 e. The van der Waals surface area contributed by atoms with Gasteiger partial charge in [-0.2, -0.15) is 0 Å². The van der Waals surface area contributed by atoms with E-state index in [0.29, 0.717) is 6.04 Å². The molecule has 2 N–H and O–H groups in total. The standard InChI is InChI=1S/C13H26N2/c1-11-6-8-15(9-7-11)10-13(14)12-4-2-3-5-12/h11-13H,2-10,14H2,1H3. The quantitative estimate of drug-likeness (QED) is 0.774. The van der Waals surface area contributed by atoms with Crippen LogP contribution in [0.2, 0.25) is 0 Å². The Balaban J connectivity index is 1.71. The fraction of sp³-hybridized carbons (Fsp3) is 1.00. The van der Waals surface area contributed by atoms with Gasteiger partial charge >= 0.3 is 0 Å². The fourth-order valence-electron chi connectivity index (χ4n) is 3.08. The molecule has 2 fully saturated rings. The van der Waals surface area contributed by atoms with Gasteiger partial charge in [0.1, 0.15) is 0 Å². The van der Waals surface area contributed by atoms with Crippen molar-refractivity contribution >= 4 is 0 Å². The Morgan fingerprint density at radius 1 is 1.13 bits per heavy atom.